The molecule has 0 rings (SSSR count). The van der Waals surface area contributed by atoms with Gasteiger partial charge in [0.1, 0.15) is 19.3 Å². The van der Waals surface area contributed by atoms with Gasteiger partial charge in [-0.15, -0.1) is 0 Å². The van der Waals surface area contributed by atoms with Gasteiger partial charge in [0, 0.05) is 26.2 Å². The number of carbonyl (C=O) groups excluding carboxylic acids is 4. The maximum absolute atomic E-state index is 12.5. The summed E-state index contributed by atoms with van der Waals surface area (Å²) in [5, 5.41) is 10.2. The second-order valence-corrected chi connectivity index (χ2v) is 16.2. The molecule has 0 bridgehead atoms. The molecule has 0 aromatic rings. The molecule has 0 aliphatic heterocycles. The molecule has 0 fully saturated rings. The first-order valence-electron chi connectivity index (χ1n) is 19.7. The van der Waals surface area contributed by atoms with Crippen LogP contribution in [0.1, 0.15) is 150 Å². The Labute approximate surface area is 327 Å². The number of hydrogen-bond acceptors (Lipinski definition) is 15. The fourth-order valence-electron chi connectivity index (χ4n) is 4.82. The summed E-state index contributed by atoms with van der Waals surface area (Å²) in [5.41, 5.74) is 0. The summed E-state index contributed by atoms with van der Waals surface area (Å²) in [6.45, 7) is 3.32. The zero-order chi connectivity index (χ0) is 41.4. The number of phosphoric acid groups is 2. The highest BCUT2D eigenvalue weighted by atomic mass is 31.2. The SMILES string of the molecule is CCCCCCCCCC(=O)O[C@H](COC(=O)CCCCC)COP(=O)(O)OC[C@@H](O)COP(=O)(O)OC[C@@H](COC(C)=O)OC(=O)CCCCCCCC. The van der Waals surface area contributed by atoms with E-state index in [2.05, 4.69) is 13.8 Å². The summed E-state index contributed by atoms with van der Waals surface area (Å²) in [6.07, 6.45) is 11.1. The van der Waals surface area contributed by atoms with Gasteiger partial charge in [0.05, 0.1) is 26.4 Å². The number of hydrogen-bond donors (Lipinski definition) is 3. The average molecular weight is 835 g/mol. The van der Waals surface area contributed by atoms with Gasteiger partial charge in [-0.3, -0.25) is 37.3 Å². The van der Waals surface area contributed by atoms with Crippen molar-refractivity contribution in [3.63, 3.8) is 0 Å². The first kappa shape index (κ1) is 53.1. The van der Waals surface area contributed by atoms with E-state index in [0.29, 0.717) is 19.3 Å². The molecule has 2 unspecified atom stereocenters. The normalized spacial score (nSPS) is 15.3. The molecule has 0 saturated carbocycles. The Morgan fingerprint density at radius 3 is 1.22 bits per heavy atom. The van der Waals surface area contributed by atoms with Gasteiger partial charge in [-0.25, -0.2) is 9.13 Å². The minimum Gasteiger partial charge on any atom is -0.462 e. The van der Waals surface area contributed by atoms with E-state index in [0.717, 1.165) is 90.4 Å². The standard InChI is InChI=1S/C36H68O17P2/c1-5-8-11-13-15-17-20-23-36(41)53-33(27-47-34(39)21-18-10-7-3)29-51-55(44,45)49-25-31(38)24-48-54(42,43)50-28-32(26-46-30(4)37)52-35(40)22-19-16-14-12-9-6-2/h31-33,38H,5-29H2,1-4H3,(H,42,43)(H,44,45)/t31-,32+,33+/m0/s1. The molecule has 0 aromatic carbocycles. The lowest BCUT2D eigenvalue weighted by Gasteiger charge is -2.21. The summed E-state index contributed by atoms with van der Waals surface area (Å²) in [5.74, 6) is -2.40. The zero-order valence-electron chi connectivity index (χ0n) is 33.4. The minimum atomic E-state index is -4.89. The van der Waals surface area contributed by atoms with Crippen molar-refractivity contribution in [3.05, 3.63) is 0 Å². The number of aliphatic hydroxyl groups is 1. The lowest BCUT2D eigenvalue weighted by atomic mass is 10.1. The molecule has 55 heavy (non-hydrogen) atoms. The van der Waals surface area contributed by atoms with Crippen molar-refractivity contribution in [1.29, 1.82) is 0 Å². The maximum atomic E-state index is 12.5. The van der Waals surface area contributed by atoms with Crippen molar-refractivity contribution in [2.24, 2.45) is 0 Å². The Balaban J connectivity index is 4.92. The van der Waals surface area contributed by atoms with Crippen LogP contribution in [-0.2, 0) is 65.4 Å². The number of esters is 4. The van der Waals surface area contributed by atoms with Gasteiger partial charge in [-0.05, 0) is 19.3 Å². The summed E-state index contributed by atoms with van der Waals surface area (Å²) in [4.78, 5) is 68.4. The summed E-state index contributed by atoms with van der Waals surface area (Å²) >= 11 is 0. The molecule has 0 saturated heterocycles. The smallest absolute Gasteiger partial charge is 0.462 e. The van der Waals surface area contributed by atoms with Gasteiger partial charge in [-0.2, -0.15) is 0 Å². The highest BCUT2D eigenvalue weighted by Gasteiger charge is 2.30. The quantitative estimate of drug-likeness (QED) is 0.0247. The Morgan fingerprint density at radius 2 is 0.800 bits per heavy atom. The monoisotopic (exact) mass is 834 g/mol. The van der Waals surface area contributed by atoms with Crippen molar-refractivity contribution < 1.29 is 80.2 Å². The third-order valence-electron chi connectivity index (χ3n) is 7.91. The topological polar surface area (TPSA) is 237 Å². The molecule has 19 heteroatoms. The van der Waals surface area contributed by atoms with Crippen molar-refractivity contribution in [2.75, 3.05) is 39.6 Å². The van der Waals surface area contributed by atoms with E-state index in [9.17, 15) is 43.2 Å². The van der Waals surface area contributed by atoms with Gasteiger partial charge in [0.15, 0.2) is 12.2 Å². The Bertz CT molecular complexity index is 1140. The van der Waals surface area contributed by atoms with Gasteiger partial charge >= 0.3 is 39.5 Å². The van der Waals surface area contributed by atoms with Crippen LogP contribution < -0.4 is 0 Å². The number of aliphatic hydroxyl groups excluding tert-OH is 1. The molecule has 17 nitrogen and oxygen atoms in total. The second kappa shape index (κ2) is 33.1. The molecule has 0 heterocycles. The summed E-state index contributed by atoms with van der Waals surface area (Å²) in [6, 6.07) is 0. The van der Waals surface area contributed by atoms with E-state index in [1.54, 1.807) is 0 Å². The fourth-order valence-corrected chi connectivity index (χ4v) is 6.40. The van der Waals surface area contributed by atoms with Crippen molar-refractivity contribution in [1.82, 2.24) is 0 Å². The third kappa shape index (κ3) is 33.9. The van der Waals surface area contributed by atoms with Crippen LogP contribution in [0.3, 0.4) is 0 Å². The first-order valence-corrected chi connectivity index (χ1v) is 22.7. The minimum absolute atomic E-state index is 0.0955. The highest BCUT2D eigenvalue weighted by Crippen LogP contribution is 2.45. The Kier molecular flexibility index (Phi) is 31.9. The van der Waals surface area contributed by atoms with Crippen LogP contribution in [-0.4, -0.2) is 96.7 Å². The predicted octanol–water partition coefficient (Wildman–Crippen LogP) is 7.02. The highest BCUT2D eigenvalue weighted by molar-refractivity contribution is 7.47. The maximum Gasteiger partial charge on any atom is 0.472 e. The van der Waals surface area contributed by atoms with E-state index in [1.807, 2.05) is 6.92 Å². The van der Waals surface area contributed by atoms with Crippen LogP contribution in [0.15, 0.2) is 0 Å². The second-order valence-electron chi connectivity index (χ2n) is 13.3. The fraction of sp³-hybridized carbons (Fsp3) is 0.889. The lowest BCUT2D eigenvalue weighted by Crippen LogP contribution is -2.30. The molecule has 0 aromatic heterocycles. The van der Waals surface area contributed by atoms with Gasteiger partial charge in [0.25, 0.3) is 0 Å². The van der Waals surface area contributed by atoms with Crippen LogP contribution in [0.2, 0.25) is 0 Å². The molecule has 3 N–H and O–H groups in total. The van der Waals surface area contributed by atoms with Crippen LogP contribution in [0, 0.1) is 0 Å². The van der Waals surface area contributed by atoms with Crippen LogP contribution in [0.5, 0.6) is 0 Å². The van der Waals surface area contributed by atoms with Crippen LogP contribution in [0.25, 0.3) is 0 Å². The first-order chi connectivity index (χ1) is 26.1. The van der Waals surface area contributed by atoms with Crippen molar-refractivity contribution in [3.8, 4) is 0 Å². The lowest BCUT2D eigenvalue weighted by molar-refractivity contribution is -0.161. The number of ether oxygens (including phenoxy) is 4. The summed E-state index contributed by atoms with van der Waals surface area (Å²) in [7, 11) is -9.76. The molecular weight excluding hydrogens is 766 g/mol. The Morgan fingerprint density at radius 1 is 0.473 bits per heavy atom. The molecule has 0 aliphatic rings. The molecule has 0 radical (unpaired) electrons. The van der Waals surface area contributed by atoms with E-state index in [-0.39, 0.29) is 19.3 Å². The molecule has 0 amide bonds. The van der Waals surface area contributed by atoms with Gasteiger partial charge < -0.3 is 33.8 Å². The Hall–Kier alpha value is -1.94. The number of rotatable bonds is 37. The molecule has 324 valence electrons. The molecular formula is C36H68O17P2. The largest absolute Gasteiger partial charge is 0.472 e. The number of phosphoric ester groups is 2. The predicted molar refractivity (Wildman–Crippen MR) is 202 cm³/mol. The molecule has 5 atom stereocenters. The summed E-state index contributed by atoms with van der Waals surface area (Å²) < 4.78 is 65.0. The average Bonchev–Trinajstić information content (AvgIpc) is 3.13. The van der Waals surface area contributed by atoms with Crippen molar-refractivity contribution in [2.45, 2.75) is 168 Å². The van der Waals surface area contributed by atoms with Crippen LogP contribution >= 0.6 is 15.6 Å². The van der Waals surface area contributed by atoms with E-state index in [4.69, 9.17) is 37.0 Å². The van der Waals surface area contributed by atoms with E-state index in [1.165, 1.54) is 0 Å². The van der Waals surface area contributed by atoms with Gasteiger partial charge in [-0.1, -0.05) is 104 Å². The number of unbranched alkanes of at least 4 members (excludes halogenated alkanes) is 13. The molecule has 0 aliphatic carbocycles. The number of carbonyl (C=O) groups is 4. The van der Waals surface area contributed by atoms with Gasteiger partial charge in [0.2, 0.25) is 0 Å². The third-order valence-corrected chi connectivity index (χ3v) is 9.81. The van der Waals surface area contributed by atoms with E-state index < -0.39 is 97.5 Å². The van der Waals surface area contributed by atoms with Crippen LogP contribution in [0.4, 0.5) is 0 Å². The molecule has 0 spiro atoms. The van der Waals surface area contributed by atoms with E-state index >= 15 is 0 Å². The zero-order valence-corrected chi connectivity index (χ0v) is 35.2. The van der Waals surface area contributed by atoms with Crippen molar-refractivity contribution >= 4 is 39.5 Å².